The van der Waals surface area contributed by atoms with Gasteiger partial charge in [0.1, 0.15) is 11.8 Å². The number of rotatable bonds is 5. The van der Waals surface area contributed by atoms with Crippen LogP contribution in [0.2, 0.25) is 4.34 Å². The summed E-state index contributed by atoms with van der Waals surface area (Å²) in [4.78, 5) is 1.13. The van der Waals surface area contributed by atoms with Crippen molar-refractivity contribution >= 4 is 22.9 Å². The summed E-state index contributed by atoms with van der Waals surface area (Å²) in [7, 11) is 0. The molecular weight excluding hydrogens is 254 g/mol. The highest BCUT2D eigenvalue weighted by Gasteiger charge is 2.17. The van der Waals surface area contributed by atoms with E-state index < -0.39 is 0 Å². The fraction of sp³-hybridized carbons (Fsp3) is 0.231. The van der Waals surface area contributed by atoms with Gasteiger partial charge in [-0.05, 0) is 24.3 Å². The number of halogens is 1. The number of nitrogens with one attached hydrogen (secondary N) is 1. The molecular formula is C13H12ClNOS. The molecule has 0 bridgehead atoms. The first-order valence-corrected chi connectivity index (χ1v) is 6.46. The van der Waals surface area contributed by atoms with Gasteiger partial charge in [-0.1, -0.05) is 11.6 Å². The number of hydrogen-bond donors (Lipinski definition) is 1. The van der Waals surface area contributed by atoms with E-state index in [-0.39, 0.29) is 6.04 Å². The molecule has 17 heavy (non-hydrogen) atoms. The summed E-state index contributed by atoms with van der Waals surface area (Å²) in [5, 5.41) is 3.37. The van der Waals surface area contributed by atoms with Crippen LogP contribution in [0.15, 0.2) is 34.9 Å². The Labute approximate surface area is 110 Å². The lowest BCUT2D eigenvalue weighted by Gasteiger charge is -2.14. The third kappa shape index (κ3) is 3.13. The minimum absolute atomic E-state index is 0.0239. The molecule has 0 radical (unpaired) electrons. The molecule has 0 spiro atoms. The van der Waals surface area contributed by atoms with E-state index in [9.17, 15) is 0 Å². The Morgan fingerprint density at radius 3 is 2.94 bits per heavy atom. The third-order valence-electron chi connectivity index (χ3n) is 2.32. The van der Waals surface area contributed by atoms with Crippen molar-refractivity contribution in [3.8, 4) is 12.3 Å². The van der Waals surface area contributed by atoms with Crippen LogP contribution in [0.4, 0.5) is 0 Å². The van der Waals surface area contributed by atoms with Crippen LogP contribution in [-0.2, 0) is 0 Å². The van der Waals surface area contributed by atoms with Crippen molar-refractivity contribution in [1.82, 2.24) is 5.32 Å². The van der Waals surface area contributed by atoms with Crippen LogP contribution in [0.5, 0.6) is 0 Å². The molecule has 1 unspecified atom stereocenters. The molecule has 0 amide bonds. The predicted molar refractivity (Wildman–Crippen MR) is 71.3 cm³/mol. The maximum atomic E-state index is 5.95. The molecule has 2 aromatic rings. The first kappa shape index (κ1) is 12.3. The molecule has 2 nitrogen and oxygen atoms in total. The second-order valence-electron chi connectivity index (χ2n) is 3.50. The van der Waals surface area contributed by atoms with E-state index in [2.05, 4.69) is 11.2 Å². The zero-order valence-electron chi connectivity index (χ0n) is 9.15. The van der Waals surface area contributed by atoms with Crippen LogP contribution < -0.4 is 5.32 Å². The van der Waals surface area contributed by atoms with Crippen molar-refractivity contribution in [2.45, 2.75) is 12.5 Å². The SMILES string of the molecule is C#CCCNC(c1ccco1)c1ccc(Cl)s1. The molecule has 0 saturated carbocycles. The summed E-state index contributed by atoms with van der Waals surface area (Å²) < 4.78 is 6.21. The largest absolute Gasteiger partial charge is 0.467 e. The van der Waals surface area contributed by atoms with Gasteiger partial charge in [0.2, 0.25) is 0 Å². The monoisotopic (exact) mass is 265 g/mol. The summed E-state index contributed by atoms with van der Waals surface area (Å²) in [5.41, 5.74) is 0. The minimum atomic E-state index is 0.0239. The van der Waals surface area contributed by atoms with Gasteiger partial charge in [-0.3, -0.25) is 0 Å². The Morgan fingerprint density at radius 2 is 2.35 bits per heavy atom. The maximum Gasteiger partial charge on any atom is 0.126 e. The predicted octanol–water partition coefficient (Wildman–Crippen LogP) is 3.70. The van der Waals surface area contributed by atoms with Crippen molar-refractivity contribution in [2.75, 3.05) is 6.54 Å². The lowest BCUT2D eigenvalue weighted by Crippen LogP contribution is -2.22. The highest BCUT2D eigenvalue weighted by atomic mass is 35.5. The van der Waals surface area contributed by atoms with E-state index in [4.69, 9.17) is 22.4 Å². The lowest BCUT2D eigenvalue weighted by atomic mass is 10.2. The first-order valence-electron chi connectivity index (χ1n) is 5.26. The van der Waals surface area contributed by atoms with Crippen LogP contribution >= 0.6 is 22.9 Å². The van der Waals surface area contributed by atoms with Gasteiger partial charge in [-0.2, -0.15) is 0 Å². The normalized spacial score (nSPS) is 12.2. The Kier molecular flexibility index (Phi) is 4.27. The van der Waals surface area contributed by atoms with E-state index >= 15 is 0 Å². The molecule has 0 aliphatic heterocycles. The molecule has 2 rings (SSSR count). The standard InChI is InChI=1S/C13H12ClNOS/c1-2-3-8-15-13(10-5-4-9-16-10)11-6-7-12(14)17-11/h1,4-7,9,13,15H,3,8H2. The highest BCUT2D eigenvalue weighted by Crippen LogP contribution is 2.31. The molecule has 88 valence electrons. The second kappa shape index (κ2) is 5.92. The third-order valence-corrected chi connectivity index (χ3v) is 3.62. The summed E-state index contributed by atoms with van der Waals surface area (Å²) in [6.45, 7) is 0.747. The smallest absolute Gasteiger partial charge is 0.126 e. The van der Waals surface area contributed by atoms with Gasteiger partial charge < -0.3 is 9.73 Å². The topological polar surface area (TPSA) is 25.2 Å². The average molecular weight is 266 g/mol. The van der Waals surface area contributed by atoms with Gasteiger partial charge in [0.25, 0.3) is 0 Å². The van der Waals surface area contributed by atoms with Gasteiger partial charge in [0, 0.05) is 17.8 Å². The van der Waals surface area contributed by atoms with E-state index in [0.717, 1.165) is 21.5 Å². The zero-order chi connectivity index (χ0) is 12.1. The van der Waals surface area contributed by atoms with E-state index in [1.807, 2.05) is 24.3 Å². The summed E-state index contributed by atoms with van der Waals surface area (Å²) in [6, 6.07) is 7.74. The molecule has 0 saturated heterocycles. The molecule has 1 atom stereocenters. The Morgan fingerprint density at radius 1 is 1.47 bits per heavy atom. The van der Waals surface area contributed by atoms with Crippen LogP contribution in [0.25, 0.3) is 0 Å². The Bertz CT molecular complexity index is 498. The van der Waals surface area contributed by atoms with Crippen molar-refractivity contribution < 1.29 is 4.42 Å². The Balaban J connectivity index is 2.16. The molecule has 1 N–H and O–H groups in total. The number of terminal acetylenes is 1. The first-order chi connectivity index (χ1) is 8.31. The van der Waals surface area contributed by atoms with Gasteiger partial charge >= 0.3 is 0 Å². The lowest BCUT2D eigenvalue weighted by molar-refractivity contribution is 0.452. The molecule has 4 heteroatoms. The van der Waals surface area contributed by atoms with E-state index in [0.29, 0.717) is 6.42 Å². The minimum Gasteiger partial charge on any atom is -0.467 e. The fourth-order valence-corrected chi connectivity index (χ4v) is 2.71. The molecule has 0 fully saturated rings. The van der Waals surface area contributed by atoms with Gasteiger partial charge in [-0.25, -0.2) is 0 Å². The van der Waals surface area contributed by atoms with Crippen molar-refractivity contribution in [3.05, 3.63) is 45.5 Å². The van der Waals surface area contributed by atoms with Crippen LogP contribution in [0.3, 0.4) is 0 Å². The molecule has 0 aromatic carbocycles. The zero-order valence-corrected chi connectivity index (χ0v) is 10.7. The van der Waals surface area contributed by atoms with Gasteiger partial charge in [0.15, 0.2) is 0 Å². The summed E-state index contributed by atoms with van der Waals surface area (Å²) in [5.74, 6) is 3.48. The molecule has 2 aromatic heterocycles. The van der Waals surface area contributed by atoms with Crippen molar-refractivity contribution in [1.29, 1.82) is 0 Å². The number of thiophene rings is 1. The average Bonchev–Trinajstić information content (AvgIpc) is 2.96. The van der Waals surface area contributed by atoms with E-state index in [1.165, 1.54) is 0 Å². The maximum absolute atomic E-state index is 5.95. The molecule has 2 heterocycles. The summed E-state index contributed by atoms with van der Waals surface area (Å²) in [6.07, 6.45) is 7.60. The number of furan rings is 1. The van der Waals surface area contributed by atoms with Crippen LogP contribution in [0.1, 0.15) is 23.1 Å². The van der Waals surface area contributed by atoms with Crippen LogP contribution in [-0.4, -0.2) is 6.54 Å². The quantitative estimate of drug-likeness (QED) is 0.659. The Hall–Kier alpha value is -1.21. The highest BCUT2D eigenvalue weighted by molar-refractivity contribution is 7.16. The van der Waals surface area contributed by atoms with Gasteiger partial charge in [0.05, 0.1) is 10.6 Å². The molecule has 0 aliphatic carbocycles. The van der Waals surface area contributed by atoms with Crippen LogP contribution in [0, 0.1) is 12.3 Å². The van der Waals surface area contributed by atoms with Gasteiger partial charge in [-0.15, -0.1) is 23.7 Å². The fourth-order valence-electron chi connectivity index (χ4n) is 1.57. The summed E-state index contributed by atoms with van der Waals surface area (Å²) >= 11 is 7.50. The number of hydrogen-bond acceptors (Lipinski definition) is 3. The van der Waals surface area contributed by atoms with Crippen molar-refractivity contribution in [3.63, 3.8) is 0 Å². The molecule has 0 aliphatic rings. The van der Waals surface area contributed by atoms with Crippen molar-refractivity contribution in [2.24, 2.45) is 0 Å². The van der Waals surface area contributed by atoms with E-state index in [1.54, 1.807) is 17.6 Å². The second-order valence-corrected chi connectivity index (χ2v) is 5.25.